The third-order valence-electron chi connectivity index (χ3n) is 6.29. The van der Waals surface area contributed by atoms with Crippen LogP contribution in [0.1, 0.15) is 34.0 Å². The maximum atomic E-state index is 14.0. The zero-order chi connectivity index (χ0) is 28.9. The maximum Gasteiger partial charge on any atom is 0.418 e. The van der Waals surface area contributed by atoms with Crippen molar-refractivity contribution in [3.05, 3.63) is 83.0 Å². The van der Waals surface area contributed by atoms with Gasteiger partial charge in [0.05, 0.1) is 5.56 Å². The molecule has 2 heterocycles. The van der Waals surface area contributed by atoms with Crippen molar-refractivity contribution in [2.75, 3.05) is 41.7 Å². The summed E-state index contributed by atoms with van der Waals surface area (Å²) in [6, 6.07) is 13.5. The second kappa shape index (κ2) is 12.2. The molecule has 0 spiro atoms. The number of hydrogen-bond acceptors (Lipinski definition) is 6. The summed E-state index contributed by atoms with van der Waals surface area (Å²) in [5, 5.41) is 14.8. The lowest BCUT2D eigenvalue weighted by molar-refractivity contribution is -0.137. The third-order valence-corrected chi connectivity index (χ3v) is 6.29. The van der Waals surface area contributed by atoms with E-state index in [1.54, 1.807) is 52.9 Å². The molecule has 1 fully saturated rings. The monoisotopic (exact) mass is 549 g/mol. The molecule has 40 heavy (non-hydrogen) atoms. The number of nitrogens with zero attached hydrogens (tertiary/aromatic N) is 3. The molecule has 1 aromatic heterocycles. The van der Waals surface area contributed by atoms with E-state index in [9.17, 15) is 27.8 Å². The molecule has 0 atom stereocenters. The van der Waals surface area contributed by atoms with E-state index in [1.807, 2.05) is 0 Å². The average Bonchev–Trinajstić information content (AvgIpc) is 2.92. The first-order valence-corrected chi connectivity index (χ1v) is 12.5. The molecule has 0 radical (unpaired) electrons. The molecule has 0 aliphatic carbocycles. The SMILES string of the molecule is CB(O)N1CCN(c2ccc(NC(=O)c3cccc(C#Cc4ccc(NC(C)=O)nc4)c3)cc2C(F)(F)F)CC1. The fourth-order valence-corrected chi connectivity index (χ4v) is 4.26. The number of carbonyl (C=O) groups is 2. The summed E-state index contributed by atoms with van der Waals surface area (Å²) in [5.74, 6) is 5.45. The minimum atomic E-state index is -4.62. The van der Waals surface area contributed by atoms with Gasteiger partial charge in [-0.3, -0.25) is 9.59 Å². The Morgan fingerprint density at radius 3 is 2.33 bits per heavy atom. The topological polar surface area (TPSA) is 97.8 Å². The van der Waals surface area contributed by atoms with Gasteiger partial charge < -0.3 is 25.4 Å². The van der Waals surface area contributed by atoms with Crippen molar-refractivity contribution < 1.29 is 27.8 Å². The van der Waals surface area contributed by atoms with Gasteiger partial charge in [-0.25, -0.2) is 4.98 Å². The smallest absolute Gasteiger partial charge is 0.418 e. The van der Waals surface area contributed by atoms with Crippen molar-refractivity contribution >= 4 is 36.1 Å². The van der Waals surface area contributed by atoms with Crippen LogP contribution in [0.15, 0.2) is 60.8 Å². The van der Waals surface area contributed by atoms with E-state index in [-0.39, 0.29) is 22.8 Å². The number of carbonyl (C=O) groups excluding carboxylic acids is 2. The number of benzene rings is 2. The first-order chi connectivity index (χ1) is 19.0. The summed E-state index contributed by atoms with van der Waals surface area (Å²) in [5.41, 5.74) is 0.571. The number of amides is 2. The van der Waals surface area contributed by atoms with E-state index in [0.717, 1.165) is 6.07 Å². The number of pyridine rings is 1. The minimum Gasteiger partial charge on any atom is -0.437 e. The van der Waals surface area contributed by atoms with Crippen LogP contribution in [0.5, 0.6) is 0 Å². The number of rotatable bonds is 5. The highest BCUT2D eigenvalue weighted by Gasteiger charge is 2.36. The predicted octanol–water partition coefficient (Wildman–Crippen LogP) is 3.94. The van der Waals surface area contributed by atoms with Gasteiger partial charge in [0.2, 0.25) is 5.91 Å². The van der Waals surface area contributed by atoms with Crippen molar-refractivity contribution in [1.82, 2.24) is 9.79 Å². The van der Waals surface area contributed by atoms with Gasteiger partial charge in [-0.1, -0.05) is 17.9 Å². The van der Waals surface area contributed by atoms with Crippen molar-refractivity contribution in [1.29, 1.82) is 0 Å². The van der Waals surface area contributed by atoms with E-state index < -0.39 is 24.7 Å². The van der Waals surface area contributed by atoms with Crippen LogP contribution in [0.3, 0.4) is 0 Å². The molecule has 0 bridgehead atoms. The Morgan fingerprint density at radius 2 is 1.70 bits per heavy atom. The largest absolute Gasteiger partial charge is 0.437 e. The van der Waals surface area contributed by atoms with Crippen LogP contribution in [0.2, 0.25) is 6.82 Å². The van der Waals surface area contributed by atoms with E-state index in [4.69, 9.17) is 0 Å². The van der Waals surface area contributed by atoms with E-state index in [1.165, 1.54) is 25.3 Å². The molecule has 3 N–H and O–H groups in total. The Bertz CT molecular complexity index is 1440. The molecular formula is C28H27BF3N5O3. The predicted molar refractivity (Wildman–Crippen MR) is 148 cm³/mol. The zero-order valence-corrected chi connectivity index (χ0v) is 21.9. The summed E-state index contributed by atoms with van der Waals surface area (Å²) in [6.07, 6.45) is -3.12. The molecule has 4 rings (SSSR count). The van der Waals surface area contributed by atoms with Gasteiger partial charge in [-0.15, -0.1) is 0 Å². The maximum absolute atomic E-state index is 14.0. The van der Waals surface area contributed by atoms with Crippen molar-refractivity contribution in [2.24, 2.45) is 0 Å². The molecule has 1 aliphatic heterocycles. The molecule has 1 saturated heterocycles. The van der Waals surface area contributed by atoms with Crippen LogP contribution in [0.4, 0.5) is 30.4 Å². The second-order valence-electron chi connectivity index (χ2n) is 9.28. The molecule has 3 aromatic rings. The van der Waals surface area contributed by atoms with Gasteiger partial charge in [-0.2, -0.15) is 13.2 Å². The van der Waals surface area contributed by atoms with Gasteiger partial charge in [0, 0.05) is 67.4 Å². The zero-order valence-electron chi connectivity index (χ0n) is 21.9. The van der Waals surface area contributed by atoms with Crippen LogP contribution in [-0.4, -0.2) is 59.9 Å². The lowest BCUT2D eigenvalue weighted by Gasteiger charge is -2.37. The first kappa shape index (κ1) is 28.7. The van der Waals surface area contributed by atoms with Crippen molar-refractivity contribution in [3.63, 3.8) is 0 Å². The quantitative estimate of drug-likeness (QED) is 0.330. The number of hydrogen-bond donors (Lipinski definition) is 3. The highest BCUT2D eigenvalue weighted by molar-refractivity contribution is 6.45. The summed E-state index contributed by atoms with van der Waals surface area (Å²) < 4.78 is 41.9. The van der Waals surface area contributed by atoms with Gasteiger partial charge in [0.25, 0.3) is 5.91 Å². The normalized spacial score (nSPS) is 13.7. The Morgan fingerprint density at radius 1 is 0.975 bits per heavy atom. The number of anilines is 3. The number of aromatic nitrogens is 1. The molecule has 1 aliphatic rings. The van der Waals surface area contributed by atoms with Crippen LogP contribution < -0.4 is 15.5 Å². The summed E-state index contributed by atoms with van der Waals surface area (Å²) >= 11 is 0. The standard InChI is InChI=1S/C28H27BF3N5O3/c1-19(38)34-26-11-8-21(18-33-26)7-6-20-4-3-5-22(16-20)27(39)35-23-9-10-25(24(17-23)28(30,31)32)36-12-14-37(15-13-36)29(2)40/h3-5,8-11,16-18,40H,12-15H2,1-2H3,(H,35,39)(H,33,34,38). The van der Waals surface area contributed by atoms with Crippen LogP contribution >= 0.6 is 0 Å². The Labute approximate surface area is 230 Å². The van der Waals surface area contributed by atoms with E-state index in [2.05, 4.69) is 27.5 Å². The average molecular weight is 549 g/mol. The van der Waals surface area contributed by atoms with Gasteiger partial charge >= 0.3 is 13.2 Å². The highest BCUT2D eigenvalue weighted by atomic mass is 19.4. The third kappa shape index (κ3) is 7.40. The number of alkyl halides is 3. The highest BCUT2D eigenvalue weighted by Crippen LogP contribution is 2.38. The van der Waals surface area contributed by atoms with E-state index in [0.29, 0.717) is 43.1 Å². The molecule has 0 unspecified atom stereocenters. The second-order valence-corrected chi connectivity index (χ2v) is 9.28. The minimum absolute atomic E-state index is 0.0190. The van der Waals surface area contributed by atoms with Crippen LogP contribution in [0.25, 0.3) is 0 Å². The molecular weight excluding hydrogens is 522 g/mol. The summed E-state index contributed by atoms with van der Waals surface area (Å²) in [7, 11) is -0.661. The van der Waals surface area contributed by atoms with Gasteiger partial charge in [-0.05, 0) is 55.4 Å². The first-order valence-electron chi connectivity index (χ1n) is 12.5. The number of piperazine rings is 1. The molecule has 8 nitrogen and oxygen atoms in total. The fourth-order valence-electron chi connectivity index (χ4n) is 4.26. The number of nitrogens with one attached hydrogen (secondary N) is 2. The Balaban J connectivity index is 1.48. The Kier molecular flexibility index (Phi) is 8.77. The molecule has 12 heteroatoms. The summed E-state index contributed by atoms with van der Waals surface area (Å²) in [4.78, 5) is 31.5. The number of halogens is 3. The fraction of sp³-hybridized carbons (Fsp3) is 0.250. The molecule has 2 amide bonds. The van der Waals surface area contributed by atoms with Gasteiger partial charge in [0.15, 0.2) is 0 Å². The summed E-state index contributed by atoms with van der Waals surface area (Å²) in [6.45, 7) is 4.55. The molecule has 206 valence electrons. The molecule has 0 saturated carbocycles. The van der Waals surface area contributed by atoms with E-state index >= 15 is 0 Å². The van der Waals surface area contributed by atoms with Crippen LogP contribution in [0, 0.1) is 11.8 Å². The van der Waals surface area contributed by atoms with Gasteiger partial charge in [0.1, 0.15) is 5.82 Å². The lowest BCUT2D eigenvalue weighted by Crippen LogP contribution is -2.51. The van der Waals surface area contributed by atoms with Crippen molar-refractivity contribution in [2.45, 2.75) is 19.9 Å². The van der Waals surface area contributed by atoms with Crippen LogP contribution in [-0.2, 0) is 11.0 Å². The van der Waals surface area contributed by atoms with Crippen molar-refractivity contribution in [3.8, 4) is 11.8 Å². The Hall–Kier alpha value is -4.34. The lowest BCUT2D eigenvalue weighted by atomic mass is 9.84. The molecule has 2 aromatic carbocycles.